The molecule has 0 bridgehead atoms. The summed E-state index contributed by atoms with van der Waals surface area (Å²) in [5.41, 5.74) is 30.0. The van der Waals surface area contributed by atoms with Gasteiger partial charge in [0.2, 0.25) is 0 Å². The highest BCUT2D eigenvalue weighted by Crippen LogP contribution is 2.47. The van der Waals surface area contributed by atoms with Crippen LogP contribution in [-0.4, -0.2) is 27.4 Å². The van der Waals surface area contributed by atoms with Gasteiger partial charge >= 0.3 is 0 Å². The largest absolute Gasteiger partial charge is 0.309 e. The normalized spacial score (nSPS) is 13.3. The summed E-state index contributed by atoms with van der Waals surface area (Å²) in [5, 5.41) is 12.8. The third kappa shape index (κ3) is 15.6. The van der Waals surface area contributed by atoms with E-state index in [0.29, 0.717) is 22.5 Å². The Bertz CT molecular complexity index is 11400. The Morgan fingerprint density at radius 2 is 0.307 bits per heavy atom. The van der Waals surface area contributed by atoms with E-state index in [9.17, 15) is 4.11 Å². The van der Waals surface area contributed by atoms with Crippen molar-refractivity contribution in [2.24, 2.45) is 0 Å². The molecule has 0 spiro atoms. The lowest BCUT2D eigenvalue weighted by molar-refractivity contribution is 1.18. The van der Waals surface area contributed by atoms with E-state index < -0.39 is 66.5 Å². The van der Waals surface area contributed by atoms with Crippen molar-refractivity contribution in [3.05, 3.63) is 582 Å². The lowest BCUT2D eigenvalue weighted by Gasteiger charge is -2.14. The van der Waals surface area contributed by atoms with Crippen LogP contribution < -0.4 is 0 Å². The Morgan fingerprint density at radius 1 is 0.107 bits per heavy atom. The first-order valence-electron chi connectivity index (χ1n) is 59.1. The molecule has 0 saturated carbocycles. The van der Waals surface area contributed by atoms with Crippen LogP contribution in [0.3, 0.4) is 0 Å². The molecule has 6 heterocycles. The maximum Gasteiger partial charge on any atom is 0.0651 e. The zero-order valence-corrected chi connectivity index (χ0v) is 80.7. The van der Waals surface area contributed by atoms with Crippen molar-refractivity contribution in [1.82, 2.24) is 27.4 Å². The van der Waals surface area contributed by atoms with Crippen LogP contribution in [0.5, 0.6) is 0 Å². The molecule has 0 aliphatic rings. The van der Waals surface area contributed by atoms with Crippen LogP contribution in [0, 0.1) is 0 Å². The van der Waals surface area contributed by atoms with Gasteiger partial charge in [-0.25, -0.2) is 0 Å². The summed E-state index contributed by atoms with van der Waals surface area (Å²) in [5.74, 6) is 0. The topological polar surface area (TPSA) is 29.6 Å². The van der Waals surface area contributed by atoms with Gasteiger partial charge in [-0.2, -0.15) is 0 Å². The molecule has 702 valence electrons. The van der Waals surface area contributed by atoms with Gasteiger partial charge in [-0.05, 0) is 300 Å². The number of nitrogens with zero attached hydrogens (tertiary/aromatic N) is 6. The first-order chi connectivity index (χ1) is 81.9. The highest BCUT2D eigenvalue weighted by atomic mass is 15.0. The van der Waals surface area contributed by atoms with E-state index in [2.05, 4.69) is 303 Å². The van der Waals surface area contributed by atoms with Gasteiger partial charge in [-0.3, -0.25) is 0 Å². The monoisotopic (exact) mass is 1930 g/mol. The first-order valence-corrected chi connectivity index (χ1v) is 50.1. The van der Waals surface area contributed by atoms with Crippen molar-refractivity contribution >= 4 is 131 Å². The molecule has 0 aliphatic heterocycles. The molecule has 150 heavy (non-hydrogen) atoms. The lowest BCUT2D eigenvalue weighted by atomic mass is 9.98. The minimum absolute atomic E-state index is 0.0662. The van der Waals surface area contributed by atoms with E-state index in [4.69, 9.17) is 20.6 Å². The zero-order chi connectivity index (χ0) is 115. The fourth-order valence-electron chi connectivity index (χ4n) is 22.2. The number of fused-ring (bicyclic) bond motifs is 18. The molecule has 0 unspecified atom stereocenters. The predicted octanol–water partition coefficient (Wildman–Crippen LogP) is 38.6. The zero-order valence-electron chi connectivity index (χ0n) is 98.7. The molecule has 30 rings (SSSR count). The SMILES string of the molecule is [2H]c1c(-c2ccccc2)c([2H])c(-n2c3ccccc3c3cc(-c4ccc5c(c4)c4ccccc4n5-c4ccccc4)ccc32)c([2H])c1-c1ccccc1.[2H]c1c([2H])c([2H])c(-c2cc(-c3c([2H])c([2H])c([2H])c([2H])c3[2H])cc(-n3c4ccccc4c4cc(-c5ccc6c(c5)c5ccccc5n6-c5ccccc5)ccc43)c2)c([2H])c1[2H].[2H]c1c([2H])c([2H])c(-n2c3ccccc3c3cc(-c4ccc5c(c4)c4ccccc4n5-c4cc(-c5ccccc5)cc(-c5ccccc5)c4)ccc32)c([2H])c1[2H]. The van der Waals surface area contributed by atoms with E-state index in [1.807, 2.05) is 174 Å². The van der Waals surface area contributed by atoms with Crippen molar-refractivity contribution in [1.29, 1.82) is 0 Å². The van der Waals surface area contributed by atoms with Crippen LogP contribution in [0.4, 0.5) is 0 Å². The van der Waals surface area contributed by atoms with E-state index in [1.54, 1.807) is 16.7 Å². The summed E-state index contributed by atoms with van der Waals surface area (Å²) < 4.78 is 169. The number of benzene rings is 24. The van der Waals surface area contributed by atoms with Crippen LogP contribution in [0.1, 0.15) is 24.7 Å². The minimum Gasteiger partial charge on any atom is -0.309 e. The Balaban J connectivity index is 0.000000117. The summed E-state index contributed by atoms with van der Waals surface area (Å²) in [6, 6.07) is 156. The molecule has 6 nitrogen and oxygen atoms in total. The standard InChI is InChI=1S/3C48H32N2/c3*1-4-14-33(15-5-1)37-28-38(34-16-6-2-7-17-34)30-40(29-37)50-46-23-13-11-21-42(46)44-32-36(25-27-48(44)50)35-24-26-47-43(31-35)41-20-10-12-22-45(41)49(47)39-18-8-3-9-19-39/h3*1-32H/i1D,2D,4D,5D,6D,7D,14D,15D,16D,17D;3D,8D,9D,18D,19D;28D,29D,30D. The van der Waals surface area contributed by atoms with Crippen molar-refractivity contribution in [2.45, 2.75) is 0 Å². The van der Waals surface area contributed by atoms with Crippen LogP contribution in [0.2, 0.25) is 0 Å². The summed E-state index contributed by atoms with van der Waals surface area (Å²) in [6.07, 6.45) is 0. The molecule has 0 saturated heterocycles. The minimum atomic E-state index is -0.532. The van der Waals surface area contributed by atoms with Gasteiger partial charge in [0.15, 0.2) is 0 Å². The van der Waals surface area contributed by atoms with Gasteiger partial charge in [-0.15, -0.1) is 0 Å². The molecular formula is C144H96N6. The van der Waals surface area contributed by atoms with Crippen LogP contribution in [0.25, 0.3) is 265 Å². The highest BCUT2D eigenvalue weighted by molar-refractivity contribution is 6.18. The van der Waals surface area contributed by atoms with Crippen LogP contribution >= 0.6 is 0 Å². The second kappa shape index (κ2) is 37.4. The summed E-state index contributed by atoms with van der Waals surface area (Å²) >= 11 is 0. The number of hydrogen-bond donors (Lipinski definition) is 0. The van der Waals surface area contributed by atoms with E-state index >= 15 is 0 Å². The molecule has 0 radical (unpaired) electrons. The smallest absolute Gasteiger partial charge is 0.0651 e. The molecule has 0 fully saturated rings. The second-order valence-electron chi connectivity index (χ2n) is 37.6. The van der Waals surface area contributed by atoms with Gasteiger partial charge in [0.05, 0.1) is 90.9 Å². The van der Waals surface area contributed by atoms with Gasteiger partial charge in [0.25, 0.3) is 0 Å². The number of aromatic nitrogens is 6. The fraction of sp³-hybridized carbons (Fsp3) is 0. The maximum atomic E-state index is 9.67. The molecule has 0 atom stereocenters. The number of para-hydroxylation sites is 9. The Morgan fingerprint density at radius 3 is 0.573 bits per heavy atom. The number of rotatable bonds is 15. The van der Waals surface area contributed by atoms with Gasteiger partial charge in [-0.1, -0.05) is 382 Å². The van der Waals surface area contributed by atoms with Gasteiger partial charge in [0.1, 0.15) is 0 Å². The average molecular weight is 1930 g/mol. The van der Waals surface area contributed by atoms with Crippen molar-refractivity contribution in [2.75, 3.05) is 0 Å². The van der Waals surface area contributed by atoms with Crippen molar-refractivity contribution in [3.8, 4) is 134 Å². The van der Waals surface area contributed by atoms with Crippen LogP contribution in [0.15, 0.2) is 582 Å². The fourth-order valence-corrected chi connectivity index (χ4v) is 22.2. The van der Waals surface area contributed by atoms with E-state index in [-0.39, 0.29) is 70.2 Å². The van der Waals surface area contributed by atoms with E-state index in [0.717, 1.165) is 198 Å². The molecule has 6 aromatic heterocycles. The lowest BCUT2D eigenvalue weighted by Crippen LogP contribution is -1.96. The molecule has 6 heteroatoms. The maximum absolute atomic E-state index is 9.67. The Hall–Kier alpha value is -19.9. The molecule has 0 amide bonds. The quantitative estimate of drug-likeness (QED) is 0.0979. The third-order valence-electron chi connectivity index (χ3n) is 29.0. The van der Waals surface area contributed by atoms with Crippen LogP contribution in [-0.2, 0) is 0 Å². The molecule has 24 aromatic carbocycles. The van der Waals surface area contributed by atoms with Gasteiger partial charge in [0, 0.05) is 98.8 Å². The first kappa shape index (κ1) is 70.7. The Labute approximate surface area is 893 Å². The summed E-state index contributed by atoms with van der Waals surface area (Å²) in [7, 11) is 0. The average Bonchev–Trinajstić information content (AvgIpc) is 1.56. The molecule has 0 N–H and O–H groups in total. The number of hydrogen-bond acceptors (Lipinski definition) is 0. The molecular weight excluding hydrogens is 1810 g/mol. The molecule has 30 aromatic rings. The Kier molecular flexibility index (Phi) is 17.6. The summed E-state index contributed by atoms with van der Waals surface area (Å²) in [4.78, 5) is 0. The third-order valence-corrected chi connectivity index (χ3v) is 29.0. The highest BCUT2D eigenvalue weighted by Gasteiger charge is 2.25. The summed E-state index contributed by atoms with van der Waals surface area (Å²) in [6.45, 7) is 0. The van der Waals surface area contributed by atoms with E-state index in [1.165, 1.54) is 22.4 Å². The van der Waals surface area contributed by atoms with Gasteiger partial charge < -0.3 is 27.4 Å². The van der Waals surface area contributed by atoms with Crippen molar-refractivity contribution in [3.63, 3.8) is 0 Å². The molecule has 0 aliphatic carbocycles. The van der Waals surface area contributed by atoms with Crippen molar-refractivity contribution < 1.29 is 24.7 Å². The predicted molar refractivity (Wildman–Crippen MR) is 634 cm³/mol. The second-order valence-corrected chi connectivity index (χ2v) is 37.6.